The Morgan fingerprint density at radius 2 is 1.33 bits per heavy atom. The molecule has 1 atom stereocenters. The van der Waals surface area contributed by atoms with E-state index in [1.54, 1.807) is 13.8 Å². The first-order chi connectivity index (χ1) is 10.8. The third-order valence-corrected chi connectivity index (χ3v) is 4.74. The van der Waals surface area contributed by atoms with Gasteiger partial charge in [0.25, 0.3) is 0 Å². The highest BCUT2D eigenvalue weighted by Gasteiger charge is 2.28. The van der Waals surface area contributed by atoms with Crippen molar-refractivity contribution in [3.63, 3.8) is 0 Å². The minimum Gasteiger partial charge on any atom is -0.393 e. The molecule has 4 N–H and O–H groups in total. The van der Waals surface area contributed by atoms with Gasteiger partial charge in [-0.3, -0.25) is 4.52 Å². The SMILES string of the molecule is CC(C)(O)CCCCCC(O)CCCCCC(C)(C)OP(=O)(O)O. The zero-order valence-corrected chi connectivity index (χ0v) is 16.6. The van der Waals surface area contributed by atoms with Crippen LogP contribution in [0.4, 0.5) is 0 Å². The highest BCUT2D eigenvalue weighted by Crippen LogP contribution is 2.42. The van der Waals surface area contributed by atoms with Crippen molar-refractivity contribution in [1.82, 2.24) is 0 Å². The Kier molecular flexibility index (Phi) is 10.9. The number of rotatable bonds is 14. The molecule has 0 saturated heterocycles. The van der Waals surface area contributed by atoms with Crippen molar-refractivity contribution in [3.05, 3.63) is 0 Å². The molecule has 0 aliphatic heterocycles. The Morgan fingerprint density at radius 3 is 1.75 bits per heavy atom. The summed E-state index contributed by atoms with van der Waals surface area (Å²) >= 11 is 0. The molecule has 0 fully saturated rings. The highest BCUT2D eigenvalue weighted by molar-refractivity contribution is 7.46. The molecule has 6 nitrogen and oxygen atoms in total. The fourth-order valence-corrected chi connectivity index (χ4v) is 3.47. The molecule has 0 saturated carbocycles. The van der Waals surface area contributed by atoms with E-state index in [1.807, 2.05) is 13.8 Å². The first-order valence-corrected chi connectivity index (χ1v) is 10.5. The largest absolute Gasteiger partial charge is 0.470 e. The van der Waals surface area contributed by atoms with Gasteiger partial charge in [0.1, 0.15) is 0 Å². The van der Waals surface area contributed by atoms with Gasteiger partial charge < -0.3 is 20.0 Å². The van der Waals surface area contributed by atoms with Crippen molar-refractivity contribution in [2.75, 3.05) is 0 Å². The van der Waals surface area contributed by atoms with Gasteiger partial charge in [0.15, 0.2) is 0 Å². The van der Waals surface area contributed by atoms with Gasteiger partial charge in [0.05, 0.1) is 17.3 Å². The number of hydrogen-bond donors (Lipinski definition) is 4. The van der Waals surface area contributed by atoms with Gasteiger partial charge in [-0.05, 0) is 53.4 Å². The van der Waals surface area contributed by atoms with Gasteiger partial charge in [-0.15, -0.1) is 0 Å². The predicted octanol–water partition coefficient (Wildman–Crippen LogP) is 3.91. The maximum Gasteiger partial charge on any atom is 0.470 e. The van der Waals surface area contributed by atoms with Crippen molar-refractivity contribution < 1.29 is 29.1 Å². The lowest BCUT2D eigenvalue weighted by Crippen LogP contribution is -2.22. The number of aliphatic hydroxyl groups is 2. The van der Waals surface area contributed by atoms with E-state index in [4.69, 9.17) is 14.3 Å². The van der Waals surface area contributed by atoms with Crippen LogP contribution < -0.4 is 0 Å². The van der Waals surface area contributed by atoms with E-state index in [1.165, 1.54) is 0 Å². The van der Waals surface area contributed by atoms with E-state index in [0.717, 1.165) is 57.8 Å². The average molecular weight is 368 g/mol. The number of unbranched alkanes of at least 4 members (excludes halogenated alkanes) is 4. The number of hydrogen-bond acceptors (Lipinski definition) is 4. The normalized spacial score (nSPS) is 14.8. The second kappa shape index (κ2) is 10.9. The molecular weight excluding hydrogens is 331 g/mol. The lowest BCUT2D eigenvalue weighted by atomic mass is 9.97. The lowest BCUT2D eigenvalue weighted by Gasteiger charge is -2.25. The molecule has 0 spiro atoms. The summed E-state index contributed by atoms with van der Waals surface area (Å²) < 4.78 is 15.6. The lowest BCUT2D eigenvalue weighted by molar-refractivity contribution is 0.0554. The van der Waals surface area contributed by atoms with Crippen LogP contribution >= 0.6 is 7.82 Å². The maximum atomic E-state index is 10.9. The molecular formula is C17H37O6P. The van der Waals surface area contributed by atoms with Gasteiger partial charge in [0.2, 0.25) is 0 Å². The van der Waals surface area contributed by atoms with Gasteiger partial charge in [0, 0.05) is 0 Å². The number of phosphoric acid groups is 1. The summed E-state index contributed by atoms with van der Waals surface area (Å²) in [5.74, 6) is 0. The molecule has 0 amide bonds. The summed E-state index contributed by atoms with van der Waals surface area (Å²) in [6.45, 7) is 6.98. The zero-order chi connectivity index (χ0) is 18.9. The molecule has 0 aliphatic carbocycles. The number of phosphoric ester groups is 1. The standard InChI is InChI=1S/C17H37O6P/c1-16(2,19)13-9-5-7-11-15(18)12-8-6-10-14-17(3,4)23-24(20,21)22/h15,18-19H,5-14H2,1-4H3,(H2,20,21,22). The quantitative estimate of drug-likeness (QED) is 0.274. The summed E-state index contributed by atoms with van der Waals surface area (Å²) in [6, 6.07) is 0. The maximum absolute atomic E-state index is 10.9. The average Bonchev–Trinajstić information content (AvgIpc) is 2.33. The molecule has 0 radical (unpaired) electrons. The van der Waals surface area contributed by atoms with Crippen molar-refractivity contribution >= 4 is 7.82 Å². The van der Waals surface area contributed by atoms with Gasteiger partial charge in [-0.25, -0.2) is 4.57 Å². The first kappa shape index (κ1) is 24.0. The Labute approximate surface area is 146 Å². The van der Waals surface area contributed by atoms with Crippen LogP contribution in [0.1, 0.15) is 91.9 Å². The minimum absolute atomic E-state index is 0.286. The van der Waals surface area contributed by atoms with Gasteiger partial charge in [-0.2, -0.15) is 0 Å². The molecule has 24 heavy (non-hydrogen) atoms. The zero-order valence-electron chi connectivity index (χ0n) is 15.7. The van der Waals surface area contributed by atoms with Crippen molar-refractivity contribution in [3.8, 4) is 0 Å². The monoisotopic (exact) mass is 368 g/mol. The van der Waals surface area contributed by atoms with Crippen LogP contribution in [0.2, 0.25) is 0 Å². The van der Waals surface area contributed by atoms with E-state index < -0.39 is 19.0 Å². The Hall–Kier alpha value is 0.0300. The molecule has 146 valence electrons. The van der Waals surface area contributed by atoms with E-state index >= 15 is 0 Å². The molecule has 0 bridgehead atoms. The van der Waals surface area contributed by atoms with Crippen molar-refractivity contribution in [2.45, 2.75) is 109 Å². The predicted molar refractivity (Wildman–Crippen MR) is 95.7 cm³/mol. The second-order valence-corrected chi connectivity index (χ2v) is 9.17. The second-order valence-electron chi connectivity index (χ2n) is 8.01. The van der Waals surface area contributed by atoms with Crippen molar-refractivity contribution in [1.29, 1.82) is 0 Å². The Balaban J connectivity index is 3.62. The molecule has 0 rings (SSSR count). The molecule has 0 heterocycles. The van der Waals surface area contributed by atoms with E-state index in [-0.39, 0.29) is 6.10 Å². The summed E-state index contributed by atoms with van der Waals surface area (Å²) in [4.78, 5) is 17.7. The van der Waals surface area contributed by atoms with Crippen LogP contribution in [-0.4, -0.2) is 37.3 Å². The summed E-state index contributed by atoms with van der Waals surface area (Å²) in [7, 11) is -4.44. The third kappa shape index (κ3) is 16.9. The Morgan fingerprint density at radius 1 is 0.875 bits per heavy atom. The van der Waals surface area contributed by atoms with E-state index in [2.05, 4.69) is 0 Å². The van der Waals surface area contributed by atoms with Crippen LogP contribution in [0.3, 0.4) is 0 Å². The van der Waals surface area contributed by atoms with Crippen LogP contribution in [0, 0.1) is 0 Å². The molecule has 0 aliphatic rings. The fourth-order valence-electron chi connectivity index (χ4n) is 2.73. The van der Waals surface area contributed by atoms with E-state index in [0.29, 0.717) is 6.42 Å². The van der Waals surface area contributed by atoms with Crippen LogP contribution in [0.5, 0.6) is 0 Å². The number of aliphatic hydroxyl groups excluding tert-OH is 1. The van der Waals surface area contributed by atoms with E-state index in [9.17, 15) is 14.8 Å². The molecule has 7 heteroatoms. The fraction of sp³-hybridized carbons (Fsp3) is 1.00. The third-order valence-electron chi connectivity index (χ3n) is 4.01. The summed E-state index contributed by atoms with van der Waals surface area (Å²) in [5.41, 5.74) is -1.44. The van der Waals surface area contributed by atoms with Gasteiger partial charge in [-0.1, -0.05) is 38.5 Å². The molecule has 0 aromatic rings. The van der Waals surface area contributed by atoms with Crippen LogP contribution in [-0.2, 0) is 9.09 Å². The highest BCUT2D eigenvalue weighted by atomic mass is 31.2. The minimum atomic E-state index is -4.44. The molecule has 0 aromatic carbocycles. The first-order valence-electron chi connectivity index (χ1n) is 8.97. The topological polar surface area (TPSA) is 107 Å². The van der Waals surface area contributed by atoms with Gasteiger partial charge >= 0.3 is 7.82 Å². The van der Waals surface area contributed by atoms with Crippen molar-refractivity contribution in [2.24, 2.45) is 0 Å². The summed E-state index contributed by atoms with van der Waals surface area (Å²) in [6.07, 6.45) is 8.21. The summed E-state index contributed by atoms with van der Waals surface area (Å²) in [5, 5.41) is 19.6. The molecule has 1 unspecified atom stereocenters. The van der Waals surface area contributed by atoms with Crippen LogP contribution in [0.15, 0.2) is 0 Å². The Bertz CT molecular complexity index is 372. The smallest absolute Gasteiger partial charge is 0.393 e. The molecule has 0 aromatic heterocycles. The van der Waals surface area contributed by atoms with Crippen LogP contribution in [0.25, 0.3) is 0 Å².